The molecule has 0 bridgehead atoms. The number of nitrogens with one attached hydrogen (secondary N) is 1. The van der Waals surface area contributed by atoms with Crippen LogP contribution in [-0.2, 0) is 11.0 Å². The van der Waals surface area contributed by atoms with Gasteiger partial charge in [0.05, 0.1) is 0 Å². The van der Waals surface area contributed by atoms with E-state index in [2.05, 4.69) is 10.3 Å². The summed E-state index contributed by atoms with van der Waals surface area (Å²) in [4.78, 5) is 14.8. The summed E-state index contributed by atoms with van der Waals surface area (Å²) >= 11 is 0. The fraction of sp³-hybridized carbons (Fsp3) is 0.400. The number of piperazine rings is 1. The van der Waals surface area contributed by atoms with Crippen molar-refractivity contribution in [2.24, 2.45) is 0 Å². The Labute approximate surface area is 180 Å². The monoisotopic (exact) mass is 463 g/mol. The number of nitrogens with zero attached hydrogens (tertiary/aromatic N) is 2. The zero-order valence-electron chi connectivity index (χ0n) is 17.1. The van der Waals surface area contributed by atoms with Gasteiger partial charge in [0.2, 0.25) is 5.88 Å². The van der Waals surface area contributed by atoms with E-state index in [0.717, 1.165) is 25.1 Å². The van der Waals surface area contributed by atoms with Gasteiger partial charge < -0.3 is 24.8 Å². The lowest BCUT2D eigenvalue weighted by Gasteiger charge is -2.29. The van der Waals surface area contributed by atoms with E-state index in [4.69, 9.17) is 19.4 Å². The Morgan fingerprint density at radius 1 is 1.09 bits per heavy atom. The van der Waals surface area contributed by atoms with E-state index in [1.54, 1.807) is 0 Å². The summed E-state index contributed by atoms with van der Waals surface area (Å²) in [5.74, 6) is -3.49. The number of alkyl halides is 3. The Morgan fingerprint density at radius 2 is 1.66 bits per heavy atom. The highest BCUT2D eigenvalue weighted by molar-refractivity contribution is 5.62. The van der Waals surface area contributed by atoms with Crippen molar-refractivity contribution in [3.63, 3.8) is 0 Å². The molecule has 2 heterocycles. The minimum atomic E-state index is -4.65. The molecule has 0 atom stereocenters. The molecule has 0 amide bonds. The number of halogens is 5. The van der Waals surface area contributed by atoms with Crippen molar-refractivity contribution < 1.29 is 41.3 Å². The number of carboxylic acids is 1. The van der Waals surface area contributed by atoms with Crippen LogP contribution in [0.5, 0.6) is 11.6 Å². The van der Waals surface area contributed by atoms with Gasteiger partial charge in [0.1, 0.15) is 24.6 Å². The van der Waals surface area contributed by atoms with Crippen LogP contribution in [0.3, 0.4) is 0 Å². The number of aromatic nitrogens is 1. The molecule has 1 aromatic heterocycles. The molecule has 1 aliphatic heterocycles. The average Bonchev–Trinajstić information content (AvgIpc) is 2.72. The molecule has 1 fully saturated rings. The van der Waals surface area contributed by atoms with Crippen molar-refractivity contribution in [2.75, 3.05) is 44.3 Å². The van der Waals surface area contributed by atoms with Crippen molar-refractivity contribution in [2.45, 2.75) is 13.1 Å². The zero-order valence-corrected chi connectivity index (χ0v) is 17.1. The molecule has 2 aromatic rings. The number of hydrogen-bond donors (Lipinski definition) is 2. The predicted molar refractivity (Wildman–Crippen MR) is 105 cm³/mol. The second kappa shape index (κ2) is 11.5. The van der Waals surface area contributed by atoms with Crippen LogP contribution in [0.15, 0.2) is 30.3 Å². The third kappa shape index (κ3) is 7.52. The lowest BCUT2D eigenvalue weighted by atomic mass is 10.2. The highest BCUT2D eigenvalue weighted by Gasteiger charge is 2.36. The first-order chi connectivity index (χ1) is 15.1. The predicted octanol–water partition coefficient (Wildman–Crippen LogP) is 3.34. The normalized spacial score (nSPS) is 13.8. The van der Waals surface area contributed by atoms with Gasteiger partial charge in [0.15, 0.2) is 17.4 Å². The molecule has 12 heteroatoms. The average molecular weight is 463 g/mol. The summed E-state index contributed by atoms with van der Waals surface area (Å²) in [5.41, 5.74) is -1.02. The number of rotatable bonds is 6. The number of para-hydroxylation sites is 1. The van der Waals surface area contributed by atoms with Gasteiger partial charge in [-0.05, 0) is 24.3 Å². The lowest BCUT2D eigenvalue weighted by Crippen LogP contribution is -2.43. The Bertz CT molecular complexity index is 881. The molecule has 32 heavy (non-hydrogen) atoms. The van der Waals surface area contributed by atoms with E-state index >= 15 is 0 Å². The molecule has 2 N–H and O–H groups in total. The van der Waals surface area contributed by atoms with Crippen LogP contribution in [0.1, 0.15) is 12.5 Å². The van der Waals surface area contributed by atoms with Crippen LogP contribution in [0.25, 0.3) is 0 Å². The molecule has 0 saturated carbocycles. The molecule has 1 aliphatic rings. The smallest absolute Gasteiger partial charge is 0.421 e. The Hall–Kier alpha value is -3.15. The number of benzene rings is 1. The number of pyridine rings is 1. The first-order valence-corrected chi connectivity index (χ1v) is 9.52. The van der Waals surface area contributed by atoms with Gasteiger partial charge in [0, 0.05) is 33.1 Å². The Balaban J connectivity index is 0.000000837. The van der Waals surface area contributed by atoms with E-state index in [9.17, 15) is 22.0 Å². The summed E-state index contributed by atoms with van der Waals surface area (Å²) in [6.07, 6.45) is -4.65. The van der Waals surface area contributed by atoms with Crippen molar-refractivity contribution in [3.8, 4) is 11.6 Å². The van der Waals surface area contributed by atoms with E-state index in [1.165, 1.54) is 12.1 Å². The van der Waals surface area contributed by atoms with Crippen molar-refractivity contribution >= 4 is 11.8 Å². The number of carbonyl (C=O) groups is 1. The molecule has 3 rings (SSSR count). The summed E-state index contributed by atoms with van der Waals surface area (Å²) in [5, 5.41) is 10.6. The maximum atomic E-state index is 13.5. The molecule has 0 spiro atoms. The minimum Gasteiger partial charge on any atom is -0.484 e. The number of carboxylic acid groups (broad SMARTS) is 1. The van der Waals surface area contributed by atoms with Crippen LogP contribution >= 0.6 is 0 Å². The van der Waals surface area contributed by atoms with Crippen molar-refractivity contribution in [1.29, 1.82) is 0 Å². The summed E-state index contributed by atoms with van der Waals surface area (Å²) in [6.45, 7) is 2.96. The molecule has 1 aromatic carbocycles. The largest absolute Gasteiger partial charge is 0.484 e. The first-order valence-electron chi connectivity index (χ1n) is 9.52. The van der Waals surface area contributed by atoms with E-state index < -0.39 is 41.0 Å². The van der Waals surface area contributed by atoms with Crippen LogP contribution in [-0.4, -0.2) is 55.5 Å². The second-order valence-corrected chi connectivity index (χ2v) is 6.52. The molecule has 1 saturated heterocycles. The molecular formula is C20H22F5N3O4. The van der Waals surface area contributed by atoms with Gasteiger partial charge in [-0.3, -0.25) is 4.79 Å². The van der Waals surface area contributed by atoms with Crippen LogP contribution < -0.4 is 19.7 Å². The quantitative estimate of drug-likeness (QED) is 0.502. The number of ether oxygens (including phenoxy) is 2. The highest BCUT2D eigenvalue weighted by Crippen LogP contribution is 2.36. The van der Waals surface area contributed by atoms with Gasteiger partial charge in [-0.2, -0.15) is 18.2 Å². The van der Waals surface area contributed by atoms with Gasteiger partial charge >= 0.3 is 6.18 Å². The Kier molecular flexibility index (Phi) is 9.00. The van der Waals surface area contributed by atoms with E-state index in [-0.39, 0.29) is 13.2 Å². The fourth-order valence-electron chi connectivity index (χ4n) is 2.73. The van der Waals surface area contributed by atoms with Crippen molar-refractivity contribution in [1.82, 2.24) is 10.3 Å². The third-order valence-corrected chi connectivity index (χ3v) is 4.08. The van der Waals surface area contributed by atoms with Gasteiger partial charge in [-0.25, -0.2) is 8.78 Å². The third-order valence-electron chi connectivity index (χ3n) is 4.08. The standard InChI is InChI=1S/C18H18F5N3O2.C2H4O2/c19-13-2-1-3-14(20)16(13)27-10-11-28-17-12(18(21,22)23)4-5-15(25-17)26-8-6-24-7-9-26;1-2(3)4/h1-5,24H,6-11H2;1H3,(H,3,4). The molecule has 0 aliphatic carbocycles. The highest BCUT2D eigenvalue weighted by atomic mass is 19.4. The van der Waals surface area contributed by atoms with Gasteiger partial charge in [0.25, 0.3) is 5.97 Å². The SMILES string of the molecule is CC(=O)O.Fc1cccc(F)c1OCCOc1nc(N2CCNCC2)ccc1C(F)(F)F. The molecule has 176 valence electrons. The summed E-state index contributed by atoms with van der Waals surface area (Å²) in [6, 6.07) is 5.41. The minimum absolute atomic E-state index is 0.352. The first kappa shape index (κ1) is 25.1. The number of hydrogen-bond acceptors (Lipinski definition) is 6. The number of anilines is 1. The fourth-order valence-corrected chi connectivity index (χ4v) is 2.73. The van der Waals surface area contributed by atoms with Crippen LogP contribution in [0.2, 0.25) is 0 Å². The van der Waals surface area contributed by atoms with E-state index in [0.29, 0.717) is 32.0 Å². The van der Waals surface area contributed by atoms with Gasteiger partial charge in [-0.1, -0.05) is 6.07 Å². The summed E-state index contributed by atoms with van der Waals surface area (Å²) in [7, 11) is 0. The van der Waals surface area contributed by atoms with E-state index in [1.807, 2.05) is 4.90 Å². The maximum absolute atomic E-state index is 13.5. The molecule has 7 nitrogen and oxygen atoms in total. The lowest BCUT2D eigenvalue weighted by molar-refractivity contribution is -0.139. The molecular weight excluding hydrogens is 441 g/mol. The second-order valence-electron chi connectivity index (χ2n) is 6.52. The van der Waals surface area contributed by atoms with Crippen molar-refractivity contribution in [3.05, 3.63) is 47.5 Å². The van der Waals surface area contributed by atoms with Crippen LogP contribution in [0, 0.1) is 11.6 Å². The summed E-state index contributed by atoms with van der Waals surface area (Å²) < 4.78 is 76.8. The van der Waals surface area contributed by atoms with Gasteiger partial charge in [-0.15, -0.1) is 0 Å². The molecule has 0 unspecified atom stereocenters. The van der Waals surface area contributed by atoms with Crippen LogP contribution in [0.4, 0.5) is 27.8 Å². The Morgan fingerprint density at radius 3 is 2.22 bits per heavy atom. The molecule has 0 radical (unpaired) electrons. The topological polar surface area (TPSA) is 83.9 Å². The number of aliphatic carboxylic acids is 1. The maximum Gasteiger partial charge on any atom is 0.421 e. The zero-order chi connectivity index (χ0) is 23.7.